The SMILES string of the molecule is O=S(=O)(CN/C(=C/C(=S)N(c1ccccc1)c1ccccc1)c1ccccc1)c1ccccc1. The van der Waals surface area contributed by atoms with Crippen molar-refractivity contribution >= 4 is 44.1 Å². The van der Waals surface area contributed by atoms with E-state index in [9.17, 15) is 8.42 Å². The van der Waals surface area contributed by atoms with E-state index in [1.807, 2.05) is 102 Å². The van der Waals surface area contributed by atoms with E-state index in [1.165, 1.54) is 0 Å². The summed E-state index contributed by atoms with van der Waals surface area (Å²) in [4.78, 5) is 2.76. The van der Waals surface area contributed by atoms with Crippen molar-refractivity contribution in [3.8, 4) is 0 Å². The molecule has 0 aliphatic heterocycles. The standard InChI is InChI=1S/C28H24N2O2S2/c31-34(32,26-19-11-4-12-20-26)22-29-27(23-13-5-1-6-14-23)21-28(33)30(24-15-7-2-8-16-24)25-17-9-3-10-18-25/h1-21,29H,22H2/b27-21+. The minimum Gasteiger partial charge on any atom is -0.371 e. The highest BCUT2D eigenvalue weighted by molar-refractivity contribution is 7.91. The average Bonchev–Trinajstić information content (AvgIpc) is 2.89. The van der Waals surface area contributed by atoms with Crippen LogP contribution in [0.4, 0.5) is 11.4 Å². The highest BCUT2D eigenvalue weighted by Crippen LogP contribution is 2.27. The van der Waals surface area contributed by atoms with Gasteiger partial charge in [-0.15, -0.1) is 0 Å². The van der Waals surface area contributed by atoms with E-state index in [-0.39, 0.29) is 10.8 Å². The molecule has 6 heteroatoms. The molecule has 4 aromatic carbocycles. The zero-order valence-electron chi connectivity index (χ0n) is 18.4. The zero-order valence-corrected chi connectivity index (χ0v) is 20.0. The molecule has 0 bridgehead atoms. The van der Waals surface area contributed by atoms with Gasteiger partial charge in [-0.25, -0.2) is 8.42 Å². The number of thiocarbonyl (C=S) groups is 1. The molecule has 4 rings (SSSR count). The molecule has 0 spiro atoms. The van der Waals surface area contributed by atoms with E-state index in [4.69, 9.17) is 12.2 Å². The van der Waals surface area contributed by atoms with Crippen molar-refractivity contribution in [1.29, 1.82) is 0 Å². The van der Waals surface area contributed by atoms with Crippen LogP contribution in [0, 0.1) is 0 Å². The predicted molar refractivity (Wildman–Crippen MR) is 144 cm³/mol. The lowest BCUT2D eigenvalue weighted by Gasteiger charge is -2.25. The van der Waals surface area contributed by atoms with Crippen LogP contribution in [0.15, 0.2) is 132 Å². The average molecular weight is 485 g/mol. The topological polar surface area (TPSA) is 49.4 Å². The van der Waals surface area contributed by atoms with E-state index < -0.39 is 9.84 Å². The third kappa shape index (κ3) is 5.78. The molecule has 0 fully saturated rings. The highest BCUT2D eigenvalue weighted by atomic mass is 32.2. The lowest BCUT2D eigenvalue weighted by atomic mass is 10.1. The van der Waals surface area contributed by atoms with Gasteiger partial charge in [0.2, 0.25) is 0 Å². The maximum Gasteiger partial charge on any atom is 0.196 e. The Morgan fingerprint density at radius 2 is 1.15 bits per heavy atom. The number of nitrogens with one attached hydrogen (secondary N) is 1. The van der Waals surface area contributed by atoms with Crippen LogP contribution >= 0.6 is 12.2 Å². The van der Waals surface area contributed by atoms with Gasteiger partial charge in [0.1, 0.15) is 10.9 Å². The first-order chi connectivity index (χ1) is 16.5. The lowest BCUT2D eigenvalue weighted by molar-refractivity contribution is 0.593. The smallest absolute Gasteiger partial charge is 0.196 e. The Morgan fingerprint density at radius 1 is 0.706 bits per heavy atom. The van der Waals surface area contributed by atoms with Crippen molar-refractivity contribution in [3.05, 3.63) is 133 Å². The molecule has 0 saturated carbocycles. The molecule has 0 amide bonds. The van der Waals surface area contributed by atoms with Crippen LogP contribution in [-0.4, -0.2) is 19.3 Å². The number of anilines is 2. The summed E-state index contributed by atoms with van der Waals surface area (Å²) >= 11 is 5.88. The Kier molecular flexibility index (Phi) is 7.52. The lowest BCUT2D eigenvalue weighted by Crippen LogP contribution is -2.26. The summed E-state index contributed by atoms with van der Waals surface area (Å²) in [5, 5.41) is 3.12. The van der Waals surface area contributed by atoms with Gasteiger partial charge in [-0.3, -0.25) is 0 Å². The number of nitrogens with zero attached hydrogens (tertiary/aromatic N) is 1. The van der Waals surface area contributed by atoms with Gasteiger partial charge in [0.25, 0.3) is 0 Å². The Morgan fingerprint density at radius 3 is 1.65 bits per heavy atom. The summed E-state index contributed by atoms with van der Waals surface area (Å²) in [7, 11) is -3.53. The Bertz CT molecular complexity index is 1320. The fourth-order valence-corrected chi connectivity index (χ4v) is 4.90. The summed E-state index contributed by atoms with van der Waals surface area (Å²) in [6.45, 7) is 0. The van der Waals surface area contributed by atoms with Gasteiger partial charge in [0.15, 0.2) is 9.84 Å². The molecule has 170 valence electrons. The van der Waals surface area contributed by atoms with Crippen LogP contribution in [0.1, 0.15) is 5.56 Å². The molecule has 0 saturated heterocycles. The maximum atomic E-state index is 12.9. The normalized spacial score (nSPS) is 11.6. The molecule has 0 heterocycles. The first-order valence-electron chi connectivity index (χ1n) is 10.8. The first kappa shape index (κ1) is 23.4. The summed E-state index contributed by atoms with van der Waals surface area (Å²) in [5.74, 6) is -0.253. The van der Waals surface area contributed by atoms with Gasteiger partial charge in [-0.05, 0) is 48.0 Å². The molecular weight excluding hydrogens is 460 g/mol. The van der Waals surface area contributed by atoms with Crippen molar-refractivity contribution in [3.63, 3.8) is 0 Å². The molecule has 34 heavy (non-hydrogen) atoms. The van der Waals surface area contributed by atoms with Crippen molar-refractivity contribution in [2.75, 3.05) is 10.8 Å². The number of rotatable bonds is 8. The van der Waals surface area contributed by atoms with Crippen molar-refractivity contribution in [2.24, 2.45) is 0 Å². The Labute approximate surface area is 206 Å². The molecular formula is C28H24N2O2S2. The van der Waals surface area contributed by atoms with Gasteiger partial charge in [0.05, 0.1) is 4.90 Å². The number of para-hydroxylation sites is 2. The van der Waals surface area contributed by atoms with Crippen LogP contribution in [0.5, 0.6) is 0 Å². The van der Waals surface area contributed by atoms with E-state index in [0.717, 1.165) is 16.9 Å². The fraction of sp³-hybridized carbons (Fsp3) is 0.0357. The van der Waals surface area contributed by atoms with Gasteiger partial charge in [-0.2, -0.15) is 0 Å². The number of hydrogen-bond acceptors (Lipinski definition) is 4. The summed E-state index contributed by atoms with van der Waals surface area (Å²) in [6, 6.07) is 37.7. The third-order valence-electron chi connectivity index (χ3n) is 5.16. The number of benzene rings is 4. The van der Waals surface area contributed by atoms with Crippen molar-refractivity contribution in [1.82, 2.24) is 5.32 Å². The molecule has 0 aliphatic rings. The Balaban J connectivity index is 1.70. The largest absolute Gasteiger partial charge is 0.371 e. The van der Waals surface area contributed by atoms with Crippen LogP contribution in [-0.2, 0) is 9.84 Å². The van der Waals surface area contributed by atoms with Crippen LogP contribution in [0.25, 0.3) is 5.70 Å². The van der Waals surface area contributed by atoms with Crippen molar-refractivity contribution < 1.29 is 8.42 Å². The molecule has 0 radical (unpaired) electrons. The second-order valence-electron chi connectivity index (χ2n) is 7.52. The molecule has 4 nitrogen and oxygen atoms in total. The zero-order chi connectivity index (χ0) is 23.8. The monoisotopic (exact) mass is 484 g/mol. The predicted octanol–water partition coefficient (Wildman–Crippen LogP) is 6.21. The molecule has 0 atom stereocenters. The van der Waals surface area contributed by atoms with E-state index in [0.29, 0.717) is 10.7 Å². The van der Waals surface area contributed by atoms with Crippen molar-refractivity contribution in [2.45, 2.75) is 4.90 Å². The molecule has 4 aromatic rings. The second-order valence-corrected chi connectivity index (χ2v) is 9.93. The first-order valence-corrected chi connectivity index (χ1v) is 12.8. The Hall–Kier alpha value is -3.74. The molecule has 0 aromatic heterocycles. The molecule has 0 unspecified atom stereocenters. The quantitative estimate of drug-likeness (QED) is 0.238. The second kappa shape index (κ2) is 10.9. The maximum absolute atomic E-state index is 12.9. The van der Waals surface area contributed by atoms with E-state index >= 15 is 0 Å². The summed E-state index contributed by atoms with van der Waals surface area (Å²) in [6.07, 6.45) is 1.81. The van der Waals surface area contributed by atoms with Crippen LogP contribution in [0.2, 0.25) is 0 Å². The van der Waals surface area contributed by atoms with Gasteiger partial charge >= 0.3 is 0 Å². The van der Waals surface area contributed by atoms with Gasteiger partial charge < -0.3 is 10.2 Å². The van der Waals surface area contributed by atoms with E-state index in [1.54, 1.807) is 30.3 Å². The van der Waals surface area contributed by atoms with Crippen LogP contribution in [0.3, 0.4) is 0 Å². The number of hydrogen-bond donors (Lipinski definition) is 1. The van der Waals surface area contributed by atoms with Gasteiger partial charge in [0, 0.05) is 17.1 Å². The summed E-state index contributed by atoms with van der Waals surface area (Å²) < 4.78 is 25.8. The molecule has 0 aliphatic carbocycles. The minimum atomic E-state index is -3.53. The minimum absolute atomic E-state index is 0.253. The van der Waals surface area contributed by atoms with Gasteiger partial charge in [-0.1, -0.05) is 97.1 Å². The molecule has 1 N–H and O–H groups in total. The summed E-state index contributed by atoms with van der Waals surface area (Å²) in [5.41, 5.74) is 3.30. The fourth-order valence-electron chi connectivity index (χ4n) is 3.48. The van der Waals surface area contributed by atoms with E-state index in [2.05, 4.69) is 5.32 Å². The third-order valence-corrected chi connectivity index (χ3v) is 6.97. The van der Waals surface area contributed by atoms with Crippen LogP contribution < -0.4 is 10.2 Å². The number of sulfone groups is 1. The highest BCUT2D eigenvalue weighted by Gasteiger charge is 2.17.